The SMILES string of the molecule is O=C(CN1C(=O)[C@@H]2[C@H](C1=O)[C@H]1C=C[C@H]2C1)N1CCN(c2cccc(C(F)(F)F)c2)CC1. The van der Waals surface area contributed by atoms with Gasteiger partial charge >= 0.3 is 6.18 Å². The minimum atomic E-state index is -4.41. The summed E-state index contributed by atoms with van der Waals surface area (Å²) in [6, 6.07) is 5.14. The highest BCUT2D eigenvalue weighted by atomic mass is 19.4. The maximum Gasteiger partial charge on any atom is 0.416 e. The number of imide groups is 1. The Morgan fingerprint density at radius 3 is 2.16 bits per heavy atom. The number of nitrogens with zero attached hydrogens (tertiary/aromatic N) is 3. The topological polar surface area (TPSA) is 60.9 Å². The fraction of sp³-hybridized carbons (Fsp3) is 0.500. The predicted molar refractivity (Wildman–Crippen MR) is 105 cm³/mol. The van der Waals surface area contributed by atoms with Crippen LogP contribution >= 0.6 is 0 Å². The van der Waals surface area contributed by atoms with Crippen molar-refractivity contribution in [3.63, 3.8) is 0 Å². The number of piperazine rings is 1. The quantitative estimate of drug-likeness (QED) is 0.542. The number of carbonyl (C=O) groups excluding carboxylic acids is 3. The molecule has 4 aliphatic rings. The first kappa shape index (κ1) is 20.1. The molecule has 2 bridgehead atoms. The number of amides is 3. The van der Waals surface area contributed by atoms with Gasteiger partial charge in [0, 0.05) is 31.9 Å². The first-order valence-electron chi connectivity index (χ1n) is 10.5. The Morgan fingerprint density at radius 1 is 0.968 bits per heavy atom. The van der Waals surface area contributed by atoms with Crippen LogP contribution < -0.4 is 4.90 Å². The maximum absolute atomic E-state index is 13.0. The number of benzene rings is 1. The van der Waals surface area contributed by atoms with Crippen LogP contribution in [0.2, 0.25) is 0 Å². The molecular formula is C22H22F3N3O3. The van der Waals surface area contributed by atoms with Gasteiger partial charge < -0.3 is 9.80 Å². The third-order valence-electron chi connectivity index (χ3n) is 7.03. The second-order valence-corrected chi connectivity index (χ2v) is 8.68. The van der Waals surface area contributed by atoms with Gasteiger partial charge in [-0.3, -0.25) is 19.3 Å². The van der Waals surface area contributed by atoms with Crippen LogP contribution in [0, 0.1) is 23.7 Å². The number of fused-ring (bicyclic) bond motifs is 5. The van der Waals surface area contributed by atoms with Crippen molar-refractivity contribution >= 4 is 23.4 Å². The number of likely N-dealkylation sites (tertiary alicyclic amines) is 1. The molecule has 2 saturated heterocycles. The number of alkyl halides is 3. The summed E-state index contributed by atoms with van der Waals surface area (Å²) in [4.78, 5) is 42.8. The van der Waals surface area contributed by atoms with Gasteiger partial charge in [-0.25, -0.2) is 0 Å². The summed E-state index contributed by atoms with van der Waals surface area (Å²) < 4.78 is 38.9. The number of hydrogen-bond acceptors (Lipinski definition) is 4. The Hall–Kier alpha value is -2.84. The largest absolute Gasteiger partial charge is 0.416 e. The Bertz CT molecular complexity index is 938. The zero-order chi connectivity index (χ0) is 21.9. The molecule has 0 N–H and O–H groups in total. The zero-order valence-corrected chi connectivity index (χ0v) is 16.7. The molecule has 31 heavy (non-hydrogen) atoms. The van der Waals surface area contributed by atoms with Gasteiger partial charge in [-0.05, 0) is 36.5 Å². The lowest BCUT2D eigenvalue weighted by Crippen LogP contribution is -2.52. The van der Waals surface area contributed by atoms with Gasteiger partial charge in [0.2, 0.25) is 17.7 Å². The van der Waals surface area contributed by atoms with E-state index in [9.17, 15) is 27.6 Å². The molecule has 164 valence electrons. The van der Waals surface area contributed by atoms with Crippen molar-refractivity contribution in [2.75, 3.05) is 37.6 Å². The number of hydrogen-bond donors (Lipinski definition) is 0. The molecular weight excluding hydrogens is 411 g/mol. The van der Waals surface area contributed by atoms with Crippen LogP contribution in [0.4, 0.5) is 18.9 Å². The Kier molecular flexibility index (Phi) is 4.60. The van der Waals surface area contributed by atoms with E-state index in [-0.39, 0.29) is 47.9 Å². The summed E-state index contributed by atoms with van der Waals surface area (Å²) in [7, 11) is 0. The van der Waals surface area contributed by atoms with Gasteiger partial charge in [-0.1, -0.05) is 18.2 Å². The lowest BCUT2D eigenvalue weighted by Gasteiger charge is -2.36. The molecule has 1 aromatic carbocycles. The van der Waals surface area contributed by atoms with Gasteiger partial charge in [0.15, 0.2) is 0 Å². The van der Waals surface area contributed by atoms with Crippen molar-refractivity contribution in [1.82, 2.24) is 9.80 Å². The molecule has 0 spiro atoms. The summed E-state index contributed by atoms with van der Waals surface area (Å²) in [5, 5.41) is 0. The van der Waals surface area contributed by atoms with E-state index in [0.717, 1.165) is 23.5 Å². The Balaban J connectivity index is 1.20. The second-order valence-electron chi connectivity index (χ2n) is 8.68. The van der Waals surface area contributed by atoms with Crippen molar-refractivity contribution in [2.45, 2.75) is 12.6 Å². The van der Waals surface area contributed by atoms with Gasteiger partial charge in [-0.2, -0.15) is 13.2 Å². The van der Waals surface area contributed by atoms with Gasteiger partial charge in [0.1, 0.15) is 6.54 Å². The summed E-state index contributed by atoms with van der Waals surface area (Å²) in [5.41, 5.74) is -0.244. The predicted octanol–water partition coefficient (Wildman–Crippen LogP) is 2.16. The highest BCUT2D eigenvalue weighted by Crippen LogP contribution is 2.52. The Labute approximate surface area is 177 Å². The van der Waals surface area contributed by atoms with E-state index in [4.69, 9.17) is 0 Å². The number of halogens is 3. The van der Waals surface area contributed by atoms with E-state index in [2.05, 4.69) is 0 Å². The van der Waals surface area contributed by atoms with Crippen LogP contribution in [-0.4, -0.2) is 60.2 Å². The molecule has 2 aliphatic carbocycles. The minimum Gasteiger partial charge on any atom is -0.368 e. The van der Waals surface area contributed by atoms with E-state index in [1.807, 2.05) is 12.2 Å². The number of allylic oxidation sites excluding steroid dienone is 2. The molecule has 2 heterocycles. The van der Waals surface area contributed by atoms with E-state index < -0.39 is 11.7 Å². The molecule has 0 aromatic heterocycles. The van der Waals surface area contributed by atoms with Gasteiger partial charge in [-0.15, -0.1) is 0 Å². The molecule has 0 radical (unpaired) electrons. The average Bonchev–Trinajstić information content (AvgIpc) is 3.43. The number of rotatable bonds is 3. The summed E-state index contributed by atoms with van der Waals surface area (Å²) in [6.45, 7) is 1.16. The standard InChI is InChI=1S/C22H22F3N3O3/c23-22(24,25)15-2-1-3-16(11-15)26-6-8-27(9-7-26)17(29)12-28-20(30)18-13-4-5-14(10-13)19(18)21(28)31/h1-5,11,13-14,18-19H,6-10,12H2/t13-,14-,18-,19+/m0/s1. The smallest absolute Gasteiger partial charge is 0.368 e. The molecule has 1 aromatic rings. The van der Waals surface area contributed by atoms with Gasteiger partial charge in [0.25, 0.3) is 0 Å². The zero-order valence-electron chi connectivity index (χ0n) is 16.7. The molecule has 3 amide bonds. The first-order valence-corrected chi connectivity index (χ1v) is 10.5. The van der Waals surface area contributed by atoms with Gasteiger partial charge in [0.05, 0.1) is 17.4 Å². The summed E-state index contributed by atoms with van der Waals surface area (Å²) >= 11 is 0. The van der Waals surface area contributed by atoms with Crippen LogP contribution in [0.25, 0.3) is 0 Å². The van der Waals surface area contributed by atoms with Crippen molar-refractivity contribution in [3.05, 3.63) is 42.0 Å². The monoisotopic (exact) mass is 433 g/mol. The fourth-order valence-corrected chi connectivity index (χ4v) is 5.45. The minimum absolute atomic E-state index is 0.0996. The van der Waals surface area contributed by atoms with Crippen molar-refractivity contribution in [2.24, 2.45) is 23.7 Å². The molecule has 1 saturated carbocycles. The maximum atomic E-state index is 13.0. The molecule has 0 unspecified atom stereocenters. The van der Waals surface area contributed by atoms with E-state index in [0.29, 0.717) is 31.9 Å². The fourth-order valence-electron chi connectivity index (χ4n) is 5.45. The molecule has 3 fully saturated rings. The average molecular weight is 433 g/mol. The third-order valence-corrected chi connectivity index (χ3v) is 7.03. The highest BCUT2D eigenvalue weighted by Gasteiger charge is 2.59. The first-order chi connectivity index (χ1) is 14.7. The lowest BCUT2D eigenvalue weighted by atomic mass is 9.85. The van der Waals surface area contributed by atoms with E-state index >= 15 is 0 Å². The lowest BCUT2D eigenvalue weighted by molar-refractivity contribution is -0.147. The molecule has 4 atom stereocenters. The summed E-state index contributed by atoms with van der Waals surface area (Å²) in [6.07, 6.45) is 0.451. The third kappa shape index (κ3) is 3.30. The highest BCUT2D eigenvalue weighted by molar-refractivity contribution is 6.08. The van der Waals surface area contributed by atoms with Crippen LogP contribution in [0.5, 0.6) is 0 Å². The molecule has 9 heteroatoms. The van der Waals surface area contributed by atoms with Crippen LogP contribution in [-0.2, 0) is 20.6 Å². The van der Waals surface area contributed by atoms with Crippen LogP contribution in [0.1, 0.15) is 12.0 Å². The number of anilines is 1. The molecule has 5 rings (SSSR count). The second kappa shape index (κ2) is 7.10. The van der Waals surface area contributed by atoms with Crippen molar-refractivity contribution in [1.29, 1.82) is 0 Å². The molecule has 2 aliphatic heterocycles. The normalized spacial score (nSPS) is 29.8. The van der Waals surface area contributed by atoms with Crippen LogP contribution in [0.3, 0.4) is 0 Å². The van der Waals surface area contributed by atoms with E-state index in [1.165, 1.54) is 6.07 Å². The summed E-state index contributed by atoms with van der Waals surface area (Å²) in [5.74, 6) is -1.25. The van der Waals surface area contributed by atoms with Crippen molar-refractivity contribution < 1.29 is 27.6 Å². The van der Waals surface area contributed by atoms with Crippen molar-refractivity contribution in [3.8, 4) is 0 Å². The van der Waals surface area contributed by atoms with E-state index in [1.54, 1.807) is 15.9 Å². The Morgan fingerprint density at radius 2 is 1.58 bits per heavy atom. The number of carbonyl (C=O) groups is 3. The van der Waals surface area contributed by atoms with Crippen LogP contribution in [0.15, 0.2) is 36.4 Å². The molecule has 6 nitrogen and oxygen atoms in total.